The molecule has 1 heterocycles. The Morgan fingerprint density at radius 2 is 1.76 bits per heavy atom. The standard InChI is InChI=1S/C14H21N3O3S/c1-10-7-12(15)13(8-11(10)2)21(19,20)17-6-4-5-16(3)14(18)9-17/h7-8H,4-6,9,15H2,1-3H3. The topological polar surface area (TPSA) is 83.7 Å². The highest BCUT2D eigenvalue weighted by Gasteiger charge is 2.31. The Labute approximate surface area is 125 Å². The SMILES string of the molecule is Cc1cc(N)c(S(=O)(=O)N2CCCN(C)C(=O)C2)cc1C. The van der Waals surface area contributed by atoms with E-state index < -0.39 is 10.0 Å². The number of nitrogen functional groups attached to an aromatic ring is 1. The molecule has 1 fully saturated rings. The lowest BCUT2D eigenvalue weighted by molar-refractivity contribution is -0.129. The Kier molecular flexibility index (Phi) is 4.25. The smallest absolute Gasteiger partial charge is 0.245 e. The van der Waals surface area contributed by atoms with Crippen molar-refractivity contribution >= 4 is 21.6 Å². The van der Waals surface area contributed by atoms with Crippen molar-refractivity contribution in [2.45, 2.75) is 25.2 Å². The molecule has 2 rings (SSSR count). The van der Waals surface area contributed by atoms with Crippen LogP contribution in [0, 0.1) is 13.8 Å². The monoisotopic (exact) mass is 311 g/mol. The summed E-state index contributed by atoms with van der Waals surface area (Å²) in [5, 5.41) is 0. The summed E-state index contributed by atoms with van der Waals surface area (Å²) < 4.78 is 26.7. The predicted octanol–water partition coefficient (Wildman–Crippen LogP) is 0.738. The number of nitrogens with two attached hydrogens (primary N) is 1. The van der Waals surface area contributed by atoms with Gasteiger partial charge in [0.15, 0.2) is 0 Å². The minimum atomic E-state index is -3.75. The summed E-state index contributed by atoms with van der Waals surface area (Å²) in [5.41, 5.74) is 7.91. The molecular formula is C14H21N3O3S. The second-order valence-corrected chi connectivity index (χ2v) is 7.39. The maximum atomic E-state index is 12.8. The summed E-state index contributed by atoms with van der Waals surface area (Å²) in [6.45, 7) is 4.48. The van der Waals surface area contributed by atoms with Gasteiger partial charge in [-0.3, -0.25) is 4.79 Å². The van der Waals surface area contributed by atoms with Gasteiger partial charge in [-0.2, -0.15) is 4.31 Å². The average molecular weight is 311 g/mol. The molecule has 6 nitrogen and oxygen atoms in total. The largest absolute Gasteiger partial charge is 0.398 e. The van der Waals surface area contributed by atoms with E-state index in [0.29, 0.717) is 19.5 Å². The maximum Gasteiger partial charge on any atom is 0.245 e. The van der Waals surface area contributed by atoms with Gasteiger partial charge in [0.25, 0.3) is 0 Å². The van der Waals surface area contributed by atoms with Crippen molar-refractivity contribution in [1.29, 1.82) is 0 Å². The molecule has 0 saturated carbocycles. The third-order valence-electron chi connectivity index (χ3n) is 3.88. The van der Waals surface area contributed by atoms with E-state index >= 15 is 0 Å². The van der Waals surface area contributed by atoms with Gasteiger partial charge in [-0.1, -0.05) is 0 Å². The Balaban J connectivity index is 2.42. The highest BCUT2D eigenvalue weighted by molar-refractivity contribution is 7.89. The highest BCUT2D eigenvalue weighted by atomic mass is 32.2. The van der Waals surface area contributed by atoms with Gasteiger partial charge in [-0.25, -0.2) is 8.42 Å². The van der Waals surface area contributed by atoms with Crippen molar-refractivity contribution in [3.63, 3.8) is 0 Å². The van der Waals surface area contributed by atoms with Gasteiger partial charge < -0.3 is 10.6 Å². The minimum absolute atomic E-state index is 0.0861. The molecule has 1 aromatic rings. The van der Waals surface area contributed by atoms with Gasteiger partial charge in [-0.05, 0) is 43.5 Å². The summed E-state index contributed by atoms with van der Waals surface area (Å²) in [7, 11) is -2.07. The number of amides is 1. The Bertz CT molecular complexity index is 670. The van der Waals surface area contributed by atoms with Gasteiger partial charge >= 0.3 is 0 Å². The van der Waals surface area contributed by atoms with E-state index in [4.69, 9.17) is 5.73 Å². The molecule has 0 aromatic heterocycles. The average Bonchev–Trinajstić information content (AvgIpc) is 2.57. The Hall–Kier alpha value is -1.60. The number of aryl methyl sites for hydroxylation is 2. The first kappa shape index (κ1) is 15.8. The molecule has 1 aliphatic rings. The van der Waals surface area contributed by atoms with Crippen molar-refractivity contribution in [3.05, 3.63) is 23.3 Å². The zero-order valence-corrected chi connectivity index (χ0v) is 13.4. The summed E-state index contributed by atoms with van der Waals surface area (Å²) in [6.07, 6.45) is 0.617. The third kappa shape index (κ3) is 3.03. The number of hydrogen-bond acceptors (Lipinski definition) is 4. The fraction of sp³-hybridized carbons (Fsp3) is 0.500. The van der Waals surface area contributed by atoms with Gasteiger partial charge in [0.2, 0.25) is 15.9 Å². The molecule has 0 unspecified atom stereocenters. The van der Waals surface area contributed by atoms with Crippen LogP contribution in [0.2, 0.25) is 0 Å². The van der Waals surface area contributed by atoms with Crippen LogP contribution in [0.4, 0.5) is 5.69 Å². The number of carbonyl (C=O) groups is 1. The van der Waals surface area contributed by atoms with E-state index in [-0.39, 0.29) is 23.0 Å². The molecule has 1 amide bonds. The highest BCUT2D eigenvalue weighted by Crippen LogP contribution is 2.26. The van der Waals surface area contributed by atoms with Crippen molar-refractivity contribution in [1.82, 2.24) is 9.21 Å². The Morgan fingerprint density at radius 3 is 2.43 bits per heavy atom. The van der Waals surface area contributed by atoms with E-state index in [1.54, 1.807) is 24.1 Å². The van der Waals surface area contributed by atoms with Gasteiger partial charge in [-0.15, -0.1) is 0 Å². The normalized spacial score (nSPS) is 17.9. The van der Waals surface area contributed by atoms with Crippen LogP contribution in [0.5, 0.6) is 0 Å². The van der Waals surface area contributed by atoms with Crippen LogP contribution in [0.15, 0.2) is 17.0 Å². The van der Waals surface area contributed by atoms with E-state index in [0.717, 1.165) is 11.1 Å². The Morgan fingerprint density at radius 1 is 1.14 bits per heavy atom. The number of hydrogen-bond donors (Lipinski definition) is 1. The van der Waals surface area contributed by atoms with Crippen molar-refractivity contribution in [2.75, 3.05) is 32.4 Å². The predicted molar refractivity (Wildman–Crippen MR) is 81.3 cm³/mol. The van der Waals surface area contributed by atoms with E-state index in [9.17, 15) is 13.2 Å². The molecule has 0 aliphatic carbocycles. The second kappa shape index (κ2) is 5.65. The summed E-state index contributed by atoms with van der Waals surface area (Å²) >= 11 is 0. The van der Waals surface area contributed by atoms with Gasteiger partial charge in [0, 0.05) is 20.1 Å². The minimum Gasteiger partial charge on any atom is -0.398 e. The zero-order chi connectivity index (χ0) is 15.8. The molecule has 0 radical (unpaired) electrons. The summed E-state index contributed by atoms with van der Waals surface area (Å²) in [4.78, 5) is 13.5. The van der Waals surface area contributed by atoms with Crippen LogP contribution in [-0.4, -0.2) is 50.2 Å². The first-order valence-corrected chi connectivity index (χ1v) is 8.28. The van der Waals surface area contributed by atoms with Crippen LogP contribution >= 0.6 is 0 Å². The number of likely N-dealkylation sites (N-methyl/N-ethyl adjacent to an activating group) is 1. The van der Waals surface area contributed by atoms with Crippen LogP contribution in [0.25, 0.3) is 0 Å². The van der Waals surface area contributed by atoms with Crippen LogP contribution < -0.4 is 5.73 Å². The second-order valence-electron chi connectivity index (χ2n) is 5.48. The number of sulfonamides is 1. The van der Waals surface area contributed by atoms with Gasteiger partial charge in [0.1, 0.15) is 4.90 Å². The molecule has 0 spiro atoms. The molecule has 0 atom stereocenters. The molecule has 21 heavy (non-hydrogen) atoms. The van der Waals surface area contributed by atoms with Crippen LogP contribution in [0.1, 0.15) is 17.5 Å². The third-order valence-corrected chi connectivity index (χ3v) is 5.78. The first-order valence-electron chi connectivity index (χ1n) is 6.84. The number of anilines is 1. The van der Waals surface area contributed by atoms with Crippen molar-refractivity contribution in [3.8, 4) is 0 Å². The van der Waals surface area contributed by atoms with E-state index in [2.05, 4.69) is 0 Å². The molecule has 2 N–H and O–H groups in total. The fourth-order valence-corrected chi connectivity index (χ4v) is 3.95. The fourth-order valence-electron chi connectivity index (χ4n) is 2.34. The number of carbonyl (C=O) groups excluding carboxylic acids is 1. The zero-order valence-electron chi connectivity index (χ0n) is 12.6. The number of rotatable bonds is 2. The first-order chi connectivity index (χ1) is 9.73. The van der Waals surface area contributed by atoms with Gasteiger partial charge in [0.05, 0.1) is 12.2 Å². The molecule has 1 aromatic carbocycles. The quantitative estimate of drug-likeness (QED) is 0.817. The number of benzene rings is 1. The molecule has 116 valence electrons. The maximum absolute atomic E-state index is 12.8. The summed E-state index contributed by atoms with van der Waals surface area (Å²) in [5.74, 6) is -0.196. The lowest BCUT2D eigenvalue weighted by Crippen LogP contribution is -2.38. The van der Waals surface area contributed by atoms with Crippen LogP contribution in [-0.2, 0) is 14.8 Å². The molecule has 1 saturated heterocycles. The van der Waals surface area contributed by atoms with Crippen LogP contribution in [0.3, 0.4) is 0 Å². The van der Waals surface area contributed by atoms with E-state index in [1.165, 1.54) is 4.31 Å². The summed E-state index contributed by atoms with van der Waals surface area (Å²) in [6, 6.07) is 3.24. The van der Waals surface area contributed by atoms with Crippen molar-refractivity contribution < 1.29 is 13.2 Å². The number of nitrogens with zero attached hydrogens (tertiary/aromatic N) is 2. The molecule has 7 heteroatoms. The van der Waals surface area contributed by atoms with E-state index in [1.807, 2.05) is 13.8 Å². The lowest BCUT2D eigenvalue weighted by atomic mass is 10.1. The molecule has 0 bridgehead atoms. The van der Waals surface area contributed by atoms with Crippen molar-refractivity contribution in [2.24, 2.45) is 0 Å². The molecular weight excluding hydrogens is 290 g/mol. The molecule has 1 aliphatic heterocycles. The lowest BCUT2D eigenvalue weighted by Gasteiger charge is -2.21.